The van der Waals surface area contributed by atoms with Crippen LogP contribution in [0.25, 0.3) is 28.0 Å². The predicted octanol–water partition coefficient (Wildman–Crippen LogP) is 4.29. The molecule has 28 heavy (non-hydrogen) atoms. The van der Waals surface area contributed by atoms with Crippen molar-refractivity contribution in [1.82, 2.24) is 14.7 Å². The molecule has 1 aromatic carbocycles. The second-order valence-electron chi connectivity index (χ2n) is 6.25. The van der Waals surface area contributed by atoms with Crippen molar-refractivity contribution in [3.63, 3.8) is 0 Å². The number of carbonyl (C=O) groups is 1. The molecule has 0 saturated heterocycles. The molecule has 0 fully saturated rings. The highest BCUT2D eigenvalue weighted by Crippen LogP contribution is 2.30. The Kier molecular flexibility index (Phi) is 5.14. The molecular formula is C21H18ClN3O3. The fraction of sp³-hybridized carbons (Fsp3) is 0.143. The van der Waals surface area contributed by atoms with E-state index in [1.165, 1.54) is 12.7 Å². The van der Waals surface area contributed by atoms with Gasteiger partial charge in [0.15, 0.2) is 6.39 Å². The Morgan fingerprint density at radius 2 is 2.14 bits per heavy atom. The molecular weight excluding hydrogens is 378 g/mol. The highest BCUT2D eigenvalue weighted by Gasteiger charge is 2.20. The van der Waals surface area contributed by atoms with Gasteiger partial charge in [0.05, 0.1) is 17.9 Å². The van der Waals surface area contributed by atoms with Gasteiger partial charge in [-0.05, 0) is 35.4 Å². The lowest BCUT2D eigenvalue weighted by molar-refractivity contribution is 0.0938. The van der Waals surface area contributed by atoms with Crippen LogP contribution in [0.15, 0.2) is 65.7 Å². The van der Waals surface area contributed by atoms with Crippen molar-refractivity contribution in [2.24, 2.45) is 0 Å². The number of ether oxygens (including phenoxy) is 1. The van der Waals surface area contributed by atoms with E-state index in [-0.39, 0.29) is 5.91 Å². The number of nitrogens with one attached hydrogen (secondary N) is 1. The summed E-state index contributed by atoms with van der Waals surface area (Å²) in [5.41, 5.74) is 4.61. The first kappa shape index (κ1) is 18.3. The van der Waals surface area contributed by atoms with Crippen molar-refractivity contribution in [2.45, 2.75) is 0 Å². The summed E-state index contributed by atoms with van der Waals surface area (Å²) in [6.45, 7) is 0.866. The summed E-state index contributed by atoms with van der Waals surface area (Å²) < 4.78 is 12.1. The number of amides is 1. The monoisotopic (exact) mass is 395 g/mol. The Balaban J connectivity index is 1.84. The van der Waals surface area contributed by atoms with Crippen LogP contribution in [0.2, 0.25) is 5.02 Å². The number of fused-ring (bicyclic) bond motifs is 1. The number of rotatable bonds is 6. The van der Waals surface area contributed by atoms with Gasteiger partial charge in [0.1, 0.15) is 12.0 Å². The van der Waals surface area contributed by atoms with Crippen molar-refractivity contribution in [1.29, 1.82) is 0 Å². The second-order valence-corrected chi connectivity index (χ2v) is 6.69. The highest BCUT2D eigenvalue weighted by atomic mass is 35.5. The lowest BCUT2D eigenvalue weighted by Gasteiger charge is -2.08. The van der Waals surface area contributed by atoms with Crippen LogP contribution in [0.4, 0.5) is 0 Å². The molecule has 3 heterocycles. The fourth-order valence-electron chi connectivity index (χ4n) is 3.13. The molecule has 0 spiro atoms. The third-order valence-electron chi connectivity index (χ3n) is 4.44. The van der Waals surface area contributed by atoms with E-state index in [9.17, 15) is 4.79 Å². The molecule has 0 aliphatic heterocycles. The normalized spacial score (nSPS) is 11.1. The van der Waals surface area contributed by atoms with Gasteiger partial charge >= 0.3 is 0 Å². The van der Waals surface area contributed by atoms with Crippen molar-refractivity contribution < 1.29 is 13.9 Å². The van der Waals surface area contributed by atoms with E-state index in [0.717, 1.165) is 16.6 Å². The van der Waals surface area contributed by atoms with Gasteiger partial charge in [-0.2, -0.15) is 0 Å². The molecule has 1 N–H and O–H groups in total. The average molecular weight is 396 g/mol. The number of aromatic nitrogens is 2. The van der Waals surface area contributed by atoms with Gasteiger partial charge in [-0.3, -0.25) is 4.79 Å². The first-order valence-electron chi connectivity index (χ1n) is 8.74. The van der Waals surface area contributed by atoms with Crippen LogP contribution >= 0.6 is 11.6 Å². The van der Waals surface area contributed by atoms with Crippen molar-refractivity contribution >= 4 is 23.0 Å². The molecule has 7 heteroatoms. The number of hydrogen-bond acceptors (Lipinski definition) is 4. The molecule has 4 rings (SSSR count). The number of nitrogens with zero attached hydrogens (tertiary/aromatic N) is 2. The van der Waals surface area contributed by atoms with Crippen LogP contribution in [0, 0.1) is 0 Å². The minimum absolute atomic E-state index is 0.192. The summed E-state index contributed by atoms with van der Waals surface area (Å²) in [6.07, 6.45) is 4.85. The average Bonchev–Trinajstić information content (AvgIpc) is 3.35. The molecule has 3 aromatic heterocycles. The summed E-state index contributed by atoms with van der Waals surface area (Å²) in [5.74, 6) is -0.192. The molecule has 0 atom stereocenters. The van der Waals surface area contributed by atoms with Crippen LogP contribution in [-0.4, -0.2) is 35.6 Å². The molecule has 1 amide bonds. The molecule has 0 aliphatic carbocycles. The number of hydrogen-bond donors (Lipinski definition) is 1. The summed E-state index contributed by atoms with van der Waals surface area (Å²) in [4.78, 5) is 17.0. The van der Waals surface area contributed by atoms with Crippen molar-refractivity contribution in [3.05, 3.63) is 71.9 Å². The minimum Gasteiger partial charge on any atom is -0.451 e. The lowest BCUT2D eigenvalue weighted by atomic mass is 10.1. The molecule has 0 bridgehead atoms. The third kappa shape index (κ3) is 3.52. The van der Waals surface area contributed by atoms with E-state index in [2.05, 4.69) is 10.3 Å². The molecule has 142 valence electrons. The van der Waals surface area contributed by atoms with Crippen LogP contribution in [0.3, 0.4) is 0 Å². The van der Waals surface area contributed by atoms with Crippen LogP contribution in [0.1, 0.15) is 10.4 Å². The quantitative estimate of drug-likeness (QED) is 0.494. The first-order chi connectivity index (χ1) is 13.7. The van der Waals surface area contributed by atoms with Gasteiger partial charge in [-0.1, -0.05) is 29.8 Å². The maximum atomic E-state index is 12.7. The van der Waals surface area contributed by atoms with Crippen LogP contribution < -0.4 is 5.32 Å². The van der Waals surface area contributed by atoms with Gasteiger partial charge in [-0.25, -0.2) is 4.98 Å². The Hall–Kier alpha value is -3.09. The number of pyridine rings is 1. The fourth-order valence-corrected chi connectivity index (χ4v) is 3.32. The van der Waals surface area contributed by atoms with Gasteiger partial charge in [0.2, 0.25) is 0 Å². The largest absolute Gasteiger partial charge is 0.451 e. The zero-order chi connectivity index (χ0) is 19.5. The van der Waals surface area contributed by atoms with E-state index < -0.39 is 0 Å². The van der Waals surface area contributed by atoms with E-state index >= 15 is 0 Å². The highest BCUT2D eigenvalue weighted by molar-refractivity contribution is 6.30. The van der Waals surface area contributed by atoms with Crippen molar-refractivity contribution in [3.8, 4) is 22.5 Å². The Bertz CT molecular complexity index is 1120. The summed E-state index contributed by atoms with van der Waals surface area (Å²) in [5, 5.41) is 3.53. The molecule has 6 nitrogen and oxygen atoms in total. The Labute approximate surface area is 166 Å². The molecule has 0 aliphatic rings. The minimum atomic E-state index is -0.192. The van der Waals surface area contributed by atoms with E-state index in [1.54, 1.807) is 7.11 Å². The molecule has 0 unspecified atom stereocenters. The van der Waals surface area contributed by atoms with E-state index in [1.807, 2.05) is 53.1 Å². The maximum absolute atomic E-state index is 12.7. The summed E-state index contributed by atoms with van der Waals surface area (Å²) >= 11 is 6.14. The number of methoxy groups -OCH3 is 1. The smallest absolute Gasteiger partial charge is 0.253 e. The Morgan fingerprint density at radius 3 is 2.89 bits per heavy atom. The number of benzene rings is 1. The number of halogens is 1. The van der Waals surface area contributed by atoms with E-state index in [0.29, 0.717) is 35.1 Å². The van der Waals surface area contributed by atoms with Gasteiger partial charge in [0.25, 0.3) is 5.91 Å². The topological polar surface area (TPSA) is 68.8 Å². The lowest BCUT2D eigenvalue weighted by Crippen LogP contribution is -2.27. The second kappa shape index (κ2) is 7.88. The summed E-state index contributed by atoms with van der Waals surface area (Å²) in [6, 6.07) is 13.4. The van der Waals surface area contributed by atoms with Crippen LogP contribution in [-0.2, 0) is 4.74 Å². The predicted molar refractivity (Wildman–Crippen MR) is 108 cm³/mol. The van der Waals surface area contributed by atoms with Crippen molar-refractivity contribution in [2.75, 3.05) is 20.3 Å². The molecule has 0 radical (unpaired) electrons. The zero-order valence-electron chi connectivity index (χ0n) is 15.2. The molecule has 0 saturated carbocycles. The number of carbonyl (C=O) groups excluding carboxylic acids is 1. The van der Waals surface area contributed by atoms with Crippen LogP contribution in [0.5, 0.6) is 0 Å². The SMILES string of the molecule is COCCNC(=O)c1cc2ccc(-c3cccc(Cl)c3)cn2c1-c1cocn1. The molecule has 4 aromatic rings. The standard InChI is InChI=1S/C21H18ClN3O3/c1-27-8-7-23-21(26)18-10-17-6-5-15(14-3-2-4-16(22)9-14)11-25(17)20(18)19-12-28-13-24-19/h2-6,9-13H,7-8H2,1H3,(H,23,26). The van der Waals surface area contributed by atoms with E-state index in [4.69, 9.17) is 20.8 Å². The first-order valence-corrected chi connectivity index (χ1v) is 9.12. The van der Waals surface area contributed by atoms with Gasteiger partial charge in [-0.15, -0.1) is 0 Å². The zero-order valence-corrected chi connectivity index (χ0v) is 15.9. The van der Waals surface area contributed by atoms with Gasteiger partial charge in [0, 0.05) is 30.4 Å². The summed E-state index contributed by atoms with van der Waals surface area (Å²) in [7, 11) is 1.59. The Morgan fingerprint density at radius 1 is 1.25 bits per heavy atom. The number of oxazole rings is 1. The maximum Gasteiger partial charge on any atom is 0.253 e. The van der Waals surface area contributed by atoms with Gasteiger partial charge < -0.3 is 18.9 Å². The third-order valence-corrected chi connectivity index (χ3v) is 4.67.